The van der Waals surface area contributed by atoms with Crippen LogP contribution in [0.2, 0.25) is 0 Å². The van der Waals surface area contributed by atoms with Crippen LogP contribution in [-0.2, 0) is 4.79 Å². The average molecular weight is 484 g/mol. The molecule has 5 aliphatic carbocycles. The van der Waals surface area contributed by atoms with Gasteiger partial charge in [0.2, 0.25) is 0 Å². The number of rotatable bonds is 3. The van der Waals surface area contributed by atoms with E-state index in [1.807, 2.05) is 0 Å². The Hall–Kier alpha value is -2.35. The van der Waals surface area contributed by atoms with Crippen molar-refractivity contribution < 1.29 is 9.90 Å². The Morgan fingerprint density at radius 1 is 0.944 bits per heavy atom. The Balaban J connectivity index is 1.53. The molecular weight excluding hydrogens is 440 g/mol. The largest absolute Gasteiger partial charge is 0.871 e. The Bertz CT molecular complexity index is 1210. The van der Waals surface area contributed by atoms with Gasteiger partial charge in [0.25, 0.3) is 0 Å². The second-order valence-corrected chi connectivity index (χ2v) is 12.9. The van der Waals surface area contributed by atoms with E-state index < -0.39 is 0 Å². The summed E-state index contributed by atoms with van der Waals surface area (Å²) in [5.41, 5.74) is 8.16. The fraction of sp³-hybridized carbons (Fsp3) is 0.559. The molecule has 2 nitrogen and oxygen atoms in total. The molecule has 0 spiro atoms. The van der Waals surface area contributed by atoms with Crippen molar-refractivity contribution in [3.63, 3.8) is 0 Å². The van der Waals surface area contributed by atoms with Crippen LogP contribution in [0.15, 0.2) is 80.7 Å². The SMILES string of the molecule is CC1=CC=C(C(C)C)C=C2C(C)C=C(C3=C([O-])/C(=C4\C=C(C)C5CC(C(C)C)CCC(C)C45)C3=O)C12. The Labute approximate surface area is 218 Å². The van der Waals surface area contributed by atoms with Crippen molar-refractivity contribution in [2.24, 2.45) is 47.3 Å². The van der Waals surface area contributed by atoms with Gasteiger partial charge in [0.15, 0.2) is 5.78 Å². The van der Waals surface area contributed by atoms with Gasteiger partial charge in [0, 0.05) is 17.1 Å². The first-order chi connectivity index (χ1) is 17.0. The molecule has 0 N–H and O–H groups in total. The van der Waals surface area contributed by atoms with Gasteiger partial charge in [-0.25, -0.2) is 0 Å². The number of carbonyl (C=O) groups is 1. The number of fused-ring (bicyclic) bond motifs is 2. The predicted octanol–water partition coefficient (Wildman–Crippen LogP) is 7.43. The van der Waals surface area contributed by atoms with Crippen LogP contribution in [0.5, 0.6) is 0 Å². The lowest BCUT2D eigenvalue weighted by molar-refractivity contribution is -0.300. The predicted molar refractivity (Wildman–Crippen MR) is 147 cm³/mol. The number of Topliss-reactive ketones (excluding diaryl/α,β-unsaturated/α-hetero) is 1. The Morgan fingerprint density at radius 2 is 1.67 bits per heavy atom. The number of allylic oxidation sites excluding steroid dienone is 13. The van der Waals surface area contributed by atoms with Crippen molar-refractivity contribution >= 4 is 5.78 Å². The van der Waals surface area contributed by atoms with Gasteiger partial charge in [0.05, 0.1) is 0 Å². The number of hydrogen-bond acceptors (Lipinski definition) is 2. The third kappa shape index (κ3) is 3.87. The van der Waals surface area contributed by atoms with Crippen LogP contribution in [0, 0.1) is 47.3 Å². The van der Waals surface area contributed by atoms with Gasteiger partial charge in [-0.05, 0) is 91.3 Å². The van der Waals surface area contributed by atoms with Crippen molar-refractivity contribution in [1.82, 2.24) is 0 Å². The monoisotopic (exact) mass is 483 g/mol. The van der Waals surface area contributed by atoms with Crippen LogP contribution in [0.4, 0.5) is 0 Å². The molecular formula is C34H43O2-. The first kappa shape index (κ1) is 25.3. The van der Waals surface area contributed by atoms with Gasteiger partial charge >= 0.3 is 0 Å². The van der Waals surface area contributed by atoms with Gasteiger partial charge in [0.1, 0.15) is 0 Å². The highest BCUT2D eigenvalue weighted by Gasteiger charge is 2.45. The molecule has 36 heavy (non-hydrogen) atoms. The van der Waals surface area contributed by atoms with Crippen molar-refractivity contribution in [3.05, 3.63) is 80.7 Å². The van der Waals surface area contributed by atoms with E-state index in [9.17, 15) is 9.90 Å². The molecule has 192 valence electrons. The highest BCUT2D eigenvalue weighted by molar-refractivity contribution is 6.22. The highest BCUT2D eigenvalue weighted by Crippen LogP contribution is 2.54. The van der Waals surface area contributed by atoms with Crippen molar-refractivity contribution in [3.8, 4) is 0 Å². The minimum absolute atomic E-state index is 0.00894. The van der Waals surface area contributed by atoms with E-state index in [2.05, 4.69) is 85.8 Å². The Morgan fingerprint density at radius 3 is 2.31 bits per heavy atom. The third-order valence-electron chi connectivity index (χ3n) is 9.95. The minimum atomic E-state index is -0.00894. The maximum atomic E-state index is 13.8. The van der Waals surface area contributed by atoms with Crippen molar-refractivity contribution in [2.75, 3.05) is 0 Å². The highest BCUT2D eigenvalue weighted by atomic mass is 16.3. The molecule has 5 rings (SSSR count). The van der Waals surface area contributed by atoms with Gasteiger partial charge in [-0.3, -0.25) is 4.79 Å². The quantitative estimate of drug-likeness (QED) is 0.392. The van der Waals surface area contributed by atoms with Crippen LogP contribution in [0.1, 0.15) is 74.7 Å². The number of carbonyl (C=O) groups excluding carboxylic acids is 1. The summed E-state index contributed by atoms with van der Waals surface area (Å²) in [6.45, 7) is 18.0. The van der Waals surface area contributed by atoms with Crippen LogP contribution in [0.25, 0.3) is 0 Å². The van der Waals surface area contributed by atoms with Crippen molar-refractivity contribution in [1.29, 1.82) is 0 Å². The average Bonchev–Trinajstić information content (AvgIpc) is 3.11. The van der Waals surface area contributed by atoms with E-state index >= 15 is 0 Å². The molecule has 5 aliphatic rings. The van der Waals surface area contributed by atoms with E-state index in [-0.39, 0.29) is 23.4 Å². The molecule has 0 bridgehead atoms. The summed E-state index contributed by atoms with van der Waals surface area (Å²) in [6.07, 6.45) is 14.7. The molecule has 0 saturated heterocycles. The molecule has 0 aromatic carbocycles. The number of ketones is 1. The van der Waals surface area contributed by atoms with Crippen LogP contribution in [0.3, 0.4) is 0 Å². The number of hydrogen-bond donors (Lipinski definition) is 0. The zero-order chi connectivity index (χ0) is 26.0. The van der Waals surface area contributed by atoms with Gasteiger partial charge < -0.3 is 5.11 Å². The van der Waals surface area contributed by atoms with E-state index in [1.165, 1.54) is 41.6 Å². The van der Waals surface area contributed by atoms with Crippen LogP contribution >= 0.6 is 0 Å². The maximum absolute atomic E-state index is 13.8. The van der Waals surface area contributed by atoms with E-state index in [1.54, 1.807) is 0 Å². The summed E-state index contributed by atoms with van der Waals surface area (Å²) >= 11 is 0. The lowest BCUT2D eigenvalue weighted by Gasteiger charge is -2.37. The molecule has 0 aromatic heterocycles. The van der Waals surface area contributed by atoms with Crippen molar-refractivity contribution in [2.45, 2.75) is 74.7 Å². The zero-order valence-corrected chi connectivity index (χ0v) is 23.4. The molecule has 2 heteroatoms. The molecule has 1 saturated carbocycles. The maximum Gasteiger partial charge on any atom is 0.192 e. The fourth-order valence-corrected chi connectivity index (χ4v) is 7.63. The first-order valence-corrected chi connectivity index (χ1v) is 14.2. The molecule has 0 aliphatic heterocycles. The summed E-state index contributed by atoms with van der Waals surface area (Å²) in [7, 11) is 0. The van der Waals surface area contributed by atoms with E-state index in [0.717, 1.165) is 17.1 Å². The molecule has 1 fully saturated rings. The first-order valence-electron chi connectivity index (χ1n) is 14.2. The molecule has 0 aromatic rings. The summed E-state index contributed by atoms with van der Waals surface area (Å²) in [5.74, 6) is 3.35. The molecule has 6 unspecified atom stereocenters. The topological polar surface area (TPSA) is 40.1 Å². The minimum Gasteiger partial charge on any atom is -0.871 e. The summed E-state index contributed by atoms with van der Waals surface area (Å²) in [4.78, 5) is 13.8. The smallest absolute Gasteiger partial charge is 0.192 e. The molecule has 0 heterocycles. The zero-order valence-electron chi connectivity index (χ0n) is 23.4. The summed E-state index contributed by atoms with van der Waals surface area (Å²) in [6, 6.07) is 0. The van der Waals surface area contributed by atoms with Crippen LogP contribution in [-0.4, -0.2) is 5.78 Å². The summed E-state index contributed by atoms with van der Waals surface area (Å²) < 4.78 is 0. The van der Waals surface area contributed by atoms with E-state index in [4.69, 9.17) is 0 Å². The van der Waals surface area contributed by atoms with Gasteiger partial charge in [-0.2, -0.15) is 0 Å². The standard InChI is InChI=1S/C34H44O2/c1-17(2)23-11-9-19(5)29-25(15-23)21(7)13-27(29)31-33(35)32(34(31)36)28-14-22(8)26-16-24(18(3)4)12-10-20(6)30(26)28/h9,11,13-15,17-18,20-21,24,26,29-30,35H,10,12,16H2,1-8H3/p-1/b32-28-. The fourth-order valence-electron chi connectivity index (χ4n) is 7.63. The third-order valence-corrected chi connectivity index (χ3v) is 9.95. The molecule has 0 radical (unpaired) electrons. The lowest BCUT2D eigenvalue weighted by atomic mass is 9.71. The normalized spacial score (nSPS) is 36.5. The summed E-state index contributed by atoms with van der Waals surface area (Å²) in [5, 5.41) is 13.8. The molecule has 6 atom stereocenters. The Kier molecular flexibility index (Phi) is 6.46. The second-order valence-electron chi connectivity index (χ2n) is 12.9. The van der Waals surface area contributed by atoms with Crippen LogP contribution < -0.4 is 5.11 Å². The van der Waals surface area contributed by atoms with Gasteiger partial charge in [-0.15, -0.1) is 0 Å². The second kappa shape index (κ2) is 9.19. The lowest BCUT2D eigenvalue weighted by Crippen LogP contribution is -2.35. The van der Waals surface area contributed by atoms with E-state index in [0.29, 0.717) is 40.7 Å². The molecule has 0 amide bonds. The van der Waals surface area contributed by atoms with Gasteiger partial charge in [-0.1, -0.05) is 94.4 Å².